The Hall–Kier alpha value is -3.38. The van der Waals surface area contributed by atoms with Crippen LogP contribution in [0.2, 0.25) is 0 Å². The Morgan fingerprint density at radius 1 is 1.13 bits per heavy atom. The quantitative estimate of drug-likeness (QED) is 0.420. The Morgan fingerprint density at radius 2 is 1.85 bits per heavy atom. The van der Waals surface area contributed by atoms with E-state index >= 15 is 0 Å². The average molecular weight is 549 g/mol. The van der Waals surface area contributed by atoms with E-state index in [2.05, 4.69) is 15.2 Å². The number of nitrogens with one attached hydrogen (secondary N) is 2. The first-order chi connectivity index (χ1) is 18.4. The predicted octanol–water partition coefficient (Wildman–Crippen LogP) is 3.94. The first-order valence-electron chi connectivity index (χ1n) is 12.9. The molecule has 2 fully saturated rings. The first-order valence-corrected chi connectivity index (χ1v) is 12.9. The molecule has 1 aliphatic carbocycles. The molecule has 2 aliphatic heterocycles. The van der Waals surface area contributed by atoms with Crippen LogP contribution in [0.3, 0.4) is 0 Å². The third-order valence-electron chi connectivity index (χ3n) is 8.37. The number of hydrogen-bond acceptors (Lipinski definition) is 5. The van der Waals surface area contributed by atoms with E-state index in [0.29, 0.717) is 43.7 Å². The number of fused-ring (bicyclic) bond motifs is 3. The summed E-state index contributed by atoms with van der Waals surface area (Å²) in [6.45, 7) is 3.19. The smallest absolute Gasteiger partial charge is 0.418 e. The van der Waals surface area contributed by atoms with Gasteiger partial charge >= 0.3 is 11.9 Å². The van der Waals surface area contributed by atoms with Gasteiger partial charge in [-0.15, -0.1) is 0 Å². The number of halogens is 4. The Kier molecular flexibility index (Phi) is 5.85. The zero-order chi connectivity index (χ0) is 27.7. The normalized spacial score (nSPS) is 24.6. The lowest BCUT2D eigenvalue weighted by Crippen LogP contribution is -2.47. The molecule has 1 spiro atoms. The van der Waals surface area contributed by atoms with Gasteiger partial charge in [0.25, 0.3) is 0 Å². The SMILES string of the molecule is CC1(O)CC(n2c(=O)[nH]c3cc(OCCN4CCC5(CC4)C(=O)Nc4ccc(F)cc45)cc(C(F)(F)F)c32)C1. The highest BCUT2D eigenvalue weighted by Gasteiger charge is 2.48. The second-order valence-electron chi connectivity index (χ2n) is 11.1. The maximum absolute atomic E-state index is 14.0. The molecule has 208 valence electrons. The number of nitrogens with zero attached hydrogens (tertiary/aromatic N) is 2. The monoisotopic (exact) mass is 548 g/mol. The number of carbonyl (C=O) groups is 1. The summed E-state index contributed by atoms with van der Waals surface area (Å²) in [7, 11) is 0. The molecule has 0 radical (unpaired) electrons. The molecule has 0 atom stereocenters. The van der Waals surface area contributed by atoms with Gasteiger partial charge in [-0.2, -0.15) is 13.2 Å². The Bertz CT molecular complexity index is 1510. The van der Waals surface area contributed by atoms with E-state index in [-0.39, 0.29) is 42.1 Å². The molecular weight excluding hydrogens is 520 g/mol. The summed E-state index contributed by atoms with van der Waals surface area (Å²) in [6.07, 6.45) is -3.37. The molecule has 3 heterocycles. The van der Waals surface area contributed by atoms with Crippen molar-refractivity contribution < 1.29 is 32.2 Å². The lowest BCUT2D eigenvalue weighted by Gasteiger charge is -2.41. The van der Waals surface area contributed by atoms with Gasteiger partial charge in [-0.25, -0.2) is 9.18 Å². The van der Waals surface area contributed by atoms with E-state index in [1.54, 1.807) is 13.0 Å². The Labute approximate surface area is 220 Å². The molecule has 0 unspecified atom stereocenters. The van der Waals surface area contributed by atoms with Crippen molar-refractivity contribution in [3.63, 3.8) is 0 Å². The second-order valence-corrected chi connectivity index (χ2v) is 11.1. The molecule has 1 saturated heterocycles. The predicted molar refractivity (Wildman–Crippen MR) is 134 cm³/mol. The van der Waals surface area contributed by atoms with Gasteiger partial charge in [0, 0.05) is 24.3 Å². The Balaban J connectivity index is 1.15. The number of hydrogen-bond donors (Lipinski definition) is 3. The number of piperidine rings is 1. The third kappa shape index (κ3) is 4.39. The molecule has 3 aliphatic rings. The highest BCUT2D eigenvalue weighted by Crippen LogP contribution is 2.46. The van der Waals surface area contributed by atoms with Gasteiger partial charge in [-0.05, 0) is 75.5 Å². The highest BCUT2D eigenvalue weighted by atomic mass is 19.4. The minimum absolute atomic E-state index is 0.0168. The van der Waals surface area contributed by atoms with Crippen molar-refractivity contribution in [2.24, 2.45) is 0 Å². The molecule has 1 saturated carbocycles. The largest absolute Gasteiger partial charge is 0.492 e. The van der Waals surface area contributed by atoms with Crippen molar-refractivity contribution in [1.29, 1.82) is 0 Å². The third-order valence-corrected chi connectivity index (χ3v) is 8.37. The van der Waals surface area contributed by atoms with Gasteiger partial charge in [-0.1, -0.05) is 0 Å². The fourth-order valence-electron chi connectivity index (χ4n) is 6.36. The molecular formula is C27H28F4N4O4. The molecule has 1 amide bonds. The van der Waals surface area contributed by atoms with E-state index in [9.17, 15) is 32.3 Å². The first kappa shape index (κ1) is 25.9. The minimum atomic E-state index is -4.72. The molecule has 1 aromatic heterocycles. The van der Waals surface area contributed by atoms with E-state index in [0.717, 1.165) is 10.6 Å². The molecule has 39 heavy (non-hydrogen) atoms. The summed E-state index contributed by atoms with van der Waals surface area (Å²) < 4.78 is 62.8. The summed E-state index contributed by atoms with van der Waals surface area (Å²) in [6, 6.07) is 6.06. The number of aliphatic hydroxyl groups is 1. The van der Waals surface area contributed by atoms with Crippen molar-refractivity contribution in [3.8, 4) is 5.75 Å². The molecule has 12 heteroatoms. The average Bonchev–Trinajstić information content (AvgIpc) is 3.30. The number of ether oxygens (including phenoxy) is 1. The molecule has 3 N–H and O–H groups in total. The second kappa shape index (κ2) is 8.82. The summed E-state index contributed by atoms with van der Waals surface area (Å²) in [4.78, 5) is 29.9. The number of likely N-dealkylation sites (tertiary alicyclic amines) is 1. The number of aromatic nitrogens is 2. The molecule has 2 aromatic carbocycles. The summed E-state index contributed by atoms with van der Waals surface area (Å²) >= 11 is 0. The van der Waals surface area contributed by atoms with E-state index in [1.165, 1.54) is 18.2 Å². The number of amides is 1. The number of rotatable bonds is 5. The fourth-order valence-corrected chi connectivity index (χ4v) is 6.36. The van der Waals surface area contributed by atoms with Crippen molar-refractivity contribution in [1.82, 2.24) is 14.5 Å². The van der Waals surface area contributed by atoms with Gasteiger partial charge in [0.2, 0.25) is 5.91 Å². The van der Waals surface area contributed by atoms with Gasteiger partial charge in [0.05, 0.1) is 27.6 Å². The van der Waals surface area contributed by atoms with Crippen molar-refractivity contribution in [3.05, 3.63) is 57.8 Å². The van der Waals surface area contributed by atoms with E-state index in [1.807, 2.05) is 0 Å². The maximum atomic E-state index is 14.0. The lowest BCUT2D eigenvalue weighted by molar-refractivity contribution is -0.136. The van der Waals surface area contributed by atoms with Crippen LogP contribution < -0.4 is 15.7 Å². The lowest BCUT2D eigenvalue weighted by atomic mass is 9.73. The molecule has 6 rings (SSSR count). The minimum Gasteiger partial charge on any atom is -0.492 e. The van der Waals surface area contributed by atoms with Crippen LogP contribution in [0.15, 0.2) is 35.1 Å². The van der Waals surface area contributed by atoms with Crippen molar-refractivity contribution in [2.75, 3.05) is 31.6 Å². The summed E-state index contributed by atoms with van der Waals surface area (Å²) in [5.74, 6) is -0.554. The number of anilines is 1. The summed E-state index contributed by atoms with van der Waals surface area (Å²) in [5.41, 5.74) is -2.35. The molecule has 8 nitrogen and oxygen atoms in total. The van der Waals surface area contributed by atoms with E-state index in [4.69, 9.17) is 4.74 Å². The van der Waals surface area contributed by atoms with Crippen LogP contribution in [0.1, 0.15) is 49.8 Å². The van der Waals surface area contributed by atoms with Crippen LogP contribution in [-0.4, -0.2) is 57.3 Å². The van der Waals surface area contributed by atoms with Gasteiger partial charge < -0.3 is 20.1 Å². The van der Waals surface area contributed by atoms with E-state index < -0.39 is 40.3 Å². The number of imidazole rings is 1. The zero-order valence-corrected chi connectivity index (χ0v) is 21.2. The highest BCUT2D eigenvalue weighted by molar-refractivity contribution is 6.06. The van der Waals surface area contributed by atoms with Gasteiger partial charge in [-0.3, -0.25) is 14.3 Å². The Morgan fingerprint density at radius 3 is 2.51 bits per heavy atom. The van der Waals surface area contributed by atoms with Crippen LogP contribution in [0.5, 0.6) is 5.75 Å². The van der Waals surface area contributed by atoms with Crippen LogP contribution in [0.4, 0.5) is 23.2 Å². The van der Waals surface area contributed by atoms with Gasteiger partial charge in [0.15, 0.2) is 0 Å². The standard InChI is InChI=1S/C27H28F4N4O4/c1-25(38)13-16(14-25)35-22-19(27(29,30)31)11-17(12-21(22)33-24(35)37)39-9-8-34-6-4-26(5-7-34)18-10-15(28)2-3-20(18)32-23(26)36/h2-3,10-12,16,38H,4-9,13-14H2,1H3,(H,32,36)(H,33,37). The number of H-pyrrole nitrogens is 1. The molecule has 3 aromatic rings. The van der Waals surface area contributed by atoms with Gasteiger partial charge in [0.1, 0.15) is 18.2 Å². The number of aromatic amines is 1. The zero-order valence-electron chi connectivity index (χ0n) is 21.2. The molecule has 0 bridgehead atoms. The van der Waals surface area contributed by atoms with Crippen LogP contribution in [0.25, 0.3) is 11.0 Å². The fraction of sp³-hybridized carbons (Fsp3) is 0.481. The number of alkyl halides is 3. The maximum Gasteiger partial charge on any atom is 0.418 e. The number of carbonyl (C=O) groups excluding carboxylic acids is 1. The summed E-state index contributed by atoms with van der Waals surface area (Å²) in [5, 5.41) is 12.9. The number of benzene rings is 2. The van der Waals surface area contributed by atoms with Crippen LogP contribution >= 0.6 is 0 Å². The van der Waals surface area contributed by atoms with Crippen molar-refractivity contribution in [2.45, 2.75) is 55.8 Å². The van der Waals surface area contributed by atoms with Crippen LogP contribution in [0, 0.1) is 5.82 Å². The topological polar surface area (TPSA) is 99.6 Å². The van der Waals surface area contributed by atoms with Crippen molar-refractivity contribution >= 4 is 22.6 Å². The van der Waals surface area contributed by atoms with Crippen LogP contribution in [-0.2, 0) is 16.4 Å².